The zero-order valence-electron chi connectivity index (χ0n) is 10.5. The highest BCUT2D eigenvalue weighted by Gasteiger charge is 2.11. The molecule has 3 rings (SSSR count). The highest BCUT2D eigenvalue weighted by Crippen LogP contribution is 2.17. The number of H-pyrrole nitrogens is 2. The summed E-state index contributed by atoms with van der Waals surface area (Å²) in [5, 5.41) is 9.18. The van der Waals surface area contributed by atoms with Crippen LogP contribution < -0.4 is 5.32 Å². The van der Waals surface area contributed by atoms with Gasteiger partial charge in [0.2, 0.25) is 5.82 Å². The van der Waals surface area contributed by atoms with E-state index in [1.54, 1.807) is 13.0 Å². The van der Waals surface area contributed by atoms with Crippen LogP contribution in [0.1, 0.15) is 22.3 Å². The predicted octanol–water partition coefficient (Wildman–Crippen LogP) is 1.55. The van der Waals surface area contributed by atoms with Gasteiger partial charge < -0.3 is 10.3 Å². The Kier molecular flexibility index (Phi) is 2.52. The van der Waals surface area contributed by atoms with E-state index in [2.05, 4.69) is 30.5 Å². The standard InChI is InChI=1S/C12H12N6O/c1-6-13-9-4-3-8(5-10(9)14-6)16-12(19)11-15-7(2)17-18-11/h3-5H,1-2H3,(H,13,14)(H,16,19)(H,15,17,18). The SMILES string of the molecule is Cc1nc(C(=O)Nc2ccc3nc(C)[nH]c3c2)n[nH]1. The fourth-order valence-electron chi connectivity index (χ4n) is 1.85. The number of carbonyl (C=O) groups excluding carboxylic acids is 1. The van der Waals surface area contributed by atoms with Crippen molar-refractivity contribution >= 4 is 22.6 Å². The highest BCUT2D eigenvalue weighted by molar-refractivity contribution is 6.02. The molecular formula is C12H12N6O. The van der Waals surface area contributed by atoms with Crippen LogP contribution in [0.15, 0.2) is 18.2 Å². The maximum absolute atomic E-state index is 11.9. The van der Waals surface area contributed by atoms with Gasteiger partial charge >= 0.3 is 0 Å². The Bertz CT molecular complexity index is 757. The second kappa shape index (κ2) is 4.20. The number of rotatable bonds is 2. The Hall–Kier alpha value is -2.70. The number of carbonyl (C=O) groups is 1. The van der Waals surface area contributed by atoms with E-state index in [0.29, 0.717) is 11.5 Å². The van der Waals surface area contributed by atoms with Crippen molar-refractivity contribution < 1.29 is 4.79 Å². The first-order valence-electron chi connectivity index (χ1n) is 5.78. The summed E-state index contributed by atoms with van der Waals surface area (Å²) in [4.78, 5) is 23.3. The summed E-state index contributed by atoms with van der Waals surface area (Å²) in [5.41, 5.74) is 2.41. The Labute approximate surface area is 108 Å². The Morgan fingerprint density at radius 3 is 2.79 bits per heavy atom. The lowest BCUT2D eigenvalue weighted by Crippen LogP contribution is -2.13. The van der Waals surface area contributed by atoms with Gasteiger partial charge in [-0.15, -0.1) is 5.10 Å². The average molecular weight is 256 g/mol. The first-order valence-corrected chi connectivity index (χ1v) is 5.78. The number of nitrogens with zero attached hydrogens (tertiary/aromatic N) is 3. The quantitative estimate of drug-likeness (QED) is 0.647. The number of aromatic nitrogens is 5. The molecule has 1 aromatic carbocycles. The molecule has 0 radical (unpaired) electrons. The maximum Gasteiger partial charge on any atom is 0.295 e. The van der Waals surface area contributed by atoms with Gasteiger partial charge in [-0.2, -0.15) is 0 Å². The monoisotopic (exact) mass is 256 g/mol. The molecule has 0 saturated carbocycles. The fourth-order valence-corrected chi connectivity index (χ4v) is 1.85. The third kappa shape index (κ3) is 2.17. The number of aryl methyl sites for hydroxylation is 2. The van der Waals surface area contributed by atoms with Gasteiger partial charge in [0.05, 0.1) is 11.0 Å². The third-order valence-electron chi connectivity index (χ3n) is 2.66. The van der Waals surface area contributed by atoms with Crippen LogP contribution in [0.25, 0.3) is 11.0 Å². The zero-order valence-corrected chi connectivity index (χ0v) is 10.5. The van der Waals surface area contributed by atoms with E-state index in [0.717, 1.165) is 16.9 Å². The minimum atomic E-state index is -0.347. The second-order valence-corrected chi connectivity index (χ2v) is 4.25. The Morgan fingerprint density at radius 2 is 2.05 bits per heavy atom. The van der Waals surface area contributed by atoms with Crippen LogP contribution in [0.5, 0.6) is 0 Å². The molecule has 0 atom stereocenters. The molecule has 19 heavy (non-hydrogen) atoms. The molecule has 0 aliphatic heterocycles. The highest BCUT2D eigenvalue weighted by atomic mass is 16.2. The predicted molar refractivity (Wildman–Crippen MR) is 69.9 cm³/mol. The van der Waals surface area contributed by atoms with Crippen LogP contribution in [-0.4, -0.2) is 31.1 Å². The fraction of sp³-hybridized carbons (Fsp3) is 0.167. The molecule has 0 aliphatic carbocycles. The van der Waals surface area contributed by atoms with Crippen molar-refractivity contribution in [3.8, 4) is 0 Å². The van der Waals surface area contributed by atoms with Crippen LogP contribution in [0.4, 0.5) is 5.69 Å². The van der Waals surface area contributed by atoms with E-state index < -0.39 is 0 Å². The summed E-state index contributed by atoms with van der Waals surface area (Å²) in [5.74, 6) is 1.21. The summed E-state index contributed by atoms with van der Waals surface area (Å²) in [7, 11) is 0. The first-order chi connectivity index (χ1) is 9.11. The van der Waals surface area contributed by atoms with Gasteiger partial charge in [0.1, 0.15) is 11.6 Å². The van der Waals surface area contributed by atoms with E-state index in [1.807, 2.05) is 19.1 Å². The molecule has 0 aliphatic rings. The Balaban J connectivity index is 1.86. The smallest absolute Gasteiger partial charge is 0.295 e. The lowest BCUT2D eigenvalue weighted by molar-refractivity contribution is 0.101. The molecule has 2 aromatic heterocycles. The van der Waals surface area contributed by atoms with Crippen molar-refractivity contribution in [3.05, 3.63) is 35.7 Å². The summed E-state index contributed by atoms with van der Waals surface area (Å²) in [6.07, 6.45) is 0. The van der Waals surface area contributed by atoms with Crippen molar-refractivity contribution in [2.75, 3.05) is 5.32 Å². The number of nitrogens with one attached hydrogen (secondary N) is 3. The van der Waals surface area contributed by atoms with Crippen LogP contribution in [0.2, 0.25) is 0 Å². The molecular weight excluding hydrogens is 244 g/mol. The molecule has 0 spiro atoms. The van der Waals surface area contributed by atoms with Crippen molar-refractivity contribution in [1.29, 1.82) is 0 Å². The van der Waals surface area contributed by atoms with Gasteiger partial charge in [0, 0.05) is 5.69 Å². The van der Waals surface area contributed by atoms with Crippen molar-refractivity contribution in [1.82, 2.24) is 25.1 Å². The summed E-state index contributed by atoms with van der Waals surface area (Å²) < 4.78 is 0. The molecule has 0 fully saturated rings. The number of amides is 1. The van der Waals surface area contributed by atoms with E-state index in [9.17, 15) is 4.79 Å². The molecule has 0 saturated heterocycles. The topological polar surface area (TPSA) is 99.3 Å². The van der Waals surface area contributed by atoms with Crippen LogP contribution in [-0.2, 0) is 0 Å². The van der Waals surface area contributed by atoms with E-state index in [1.165, 1.54) is 0 Å². The van der Waals surface area contributed by atoms with Gasteiger partial charge in [-0.1, -0.05) is 0 Å². The van der Waals surface area contributed by atoms with Gasteiger partial charge in [0.25, 0.3) is 5.91 Å². The Morgan fingerprint density at radius 1 is 1.21 bits per heavy atom. The first kappa shape index (κ1) is 11.4. The average Bonchev–Trinajstić information content (AvgIpc) is 2.93. The normalized spacial score (nSPS) is 10.8. The molecule has 96 valence electrons. The third-order valence-corrected chi connectivity index (χ3v) is 2.66. The lowest BCUT2D eigenvalue weighted by Gasteiger charge is -2.01. The summed E-state index contributed by atoms with van der Waals surface area (Å²) in [6.45, 7) is 3.62. The number of aromatic amines is 2. The van der Waals surface area contributed by atoms with E-state index >= 15 is 0 Å². The van der Waals surface area contributed by atoms with Crippen LogP contribution >= 0.6 is 0 Å². The molecule has 7 heteroatoms. The molecule has 0 bridgehead atoms. The number of benzene rings is 1. The number of imidazole rings is 1. The summed E-state index contributed by atoms with van der Waals surface area (Å²) >= 11 is 0. The van der Waals surface area contributed by atoms with Gasteiger partial charge in [-0.3, -0.25) is 9.89 Å². The second-order valence-electron chi connectivity index (χ2n) is 4.25. The number of anilines is 1. The minimum absolute atomic E-state index is 0.124. The zero-order chi connectivity index (χ0) is 13.4. The molecule has 3 aromatic rings. The van der Waals surface area contributed by atoms with Gasteiger partial charge in [-0.05, 0) is 32.0 Å². The number of hydrogen-bond acceptors (Lipinski definition) is 4. The minimum Gasteiger partial charge on any atom is -0.342 e. The van der Waals surface area contributed by atoms with Crippen LogP contribution in [0.3, 0.4) is 0 Å². The number of hydrogen-bond donors (Lipinski definition) is 3. The summed E-state index contributed by atoms with van der Waals surface area (Å²) in [6, 6.07) is 5.46. The maximum atomic E-state index is 11.9. The lowest BCUT2D eigenvalue weighted by atomic mass is 10.2. The molecule has 7 nitrogen and oxygen atoms in total. The molecule has 3 N–H and O–H groups in total. The van der Waals surface area contributed by atoms with Crippen LogP contribution in [0, 0.1) is 13.8 Å². The molecule has 1 amide bonds. The number of fused-ring (bicyclic) bond motifs is 1. The molecule has 2 heterocycles. The van der Waals surface area contributed by atoms with E-state index in [-0.39, 0.29) is 11.7 Å². The van der Waals surface area contributed by atoms with Crippen molar-refractivity contribution in [2.45, 2.75) is 13.8 Å². The largest absolute Gasteiger partial charge is 0.342 e. The van der Waals surface area contributed by atoms with Crippen molar-refractivity contribution in [2.24, 2.45) is 0 Å². The molecule has 0 unspecified atom stereocenters. The van der Waals surface area contributed by atoms with Crippen molar-refractivity contribution in [3.63, 3.8) is 0 Å². The van der Waals surface area contributed by atoms with Gasteiger partial charge in [-0.25, -0.2) is 9.97 Å². The van der Waals surface area contributed by atoms with E-state index in [4.69, 9.17) is 0 Å². The van der Waals surface area contributed by atoms with Gasteiger partial charge in [0.15, 0.2) is 0 Å².